The second-order valence-electron chi connectivity index (χ2n) is 6.08. The highest BCUT2D eigenvalue weighted by Gasteiger charge is 2.25. The maximum Gasteiger partial charge on any atom is 0.101 e. The van der Waals surface area contributed by atoms with Crippen molar-refractivity contribution >= 4 is 17.3 Å². The van der Waals surface area contributed by atoms with Gasteiger partial charge >= 0.3 is 0 Å². The third kappa shape index (κ3) is 3.46. The van der Waals surface area contributed by atoms with E-state index in [9.17, 15) is 5.26 Å². The van der Waals surface area contributed by atoms with Crippen LogP contribution in [0.5, 0.6) is 0 Å². The van der Waals surface area contributed by atoms with Crippen LogP contribution >= 0.6 is 11.6 Å². The Bertz CT molecular complexity index is 484. The fraction of sp³-hybridized carbons (Fsp3) is 0.588. The third-order valence-electron chi connectivity index (χ3n) is 3.97. The smallest absolute Gasteiger partial charge is 0.101 e. The van der Waals surface area contributed by atoms with E-state index < -0.39 is 0 Å². The van der Waals surface area contributed by atoms with Crippen LogP contribution in [-0.4, -0.2) is 12.6 Å². The number of nitriles is 1. The number of anilines is 1. The fourth-order valence-electron chi connectivity index (χ4n) is 3.06. The number of rotatable bonds is 5. The van der Waals surface area contributed by atoms with Crippen molar-refractivity contribution in [3.63, 3.8) is 0 Å². The Morgan fingerprint density at radius 3 is 2.60 bits per heavy atom. The minimum atomic E-state index is 0.461. The molecule has 0 aliphatic heterocycles. The number of hydrogen-bond acceptors (Lipinski definition) is 2. The number of nitrogens with zero attached hydrogens (tertiary/aromatic N) is 2. The van der Waals surface area contributed by atoms with E-state index in [0.29, 0.717) is 17.8 Å². The summed E-state index contributed by atoms with van der Waals surface area (Å²) in [6.45, 7) is 5.49. The molecule has 108 valence electrons. The lowest BCUT2D eigenvalue weighted by Crippen LogP contribution is -2.36. The number of halogens is 1. The van der Waals surface area contributed by atoms with E-state index in [1.807, 2.05) is 12.1 Å². The van der Waals surface area contributed by atoms with Gasteiger partial charge in [0.05, 0.1) is 11.3 Å². The first-order valence-corrected chi connectivity index (χ1v) is 8.04. The molecular weight excluding hydrogens is 268 g/mol. The highest BCUT2D eigenvalue weighted by atomic mass is 35.5. The fourth-order valence-corrected chi connectivity index (χ4v) is 3.23. The first-order valence-electron chi connectivity index (χ1n) is 7.51. The highest BCUT2D eigenvalue weighted by Crippen LogP contribution is 2.31. The Morgan fingerprint density at radius 2 is 2.05 bits per heavy atom. The molecule has 0 N–H and O–H groups in total. The zero-order valence-electron chi connectivity index (χ0n) is 12.4. The van der Waals surface area contributed by atoms with E-state index in [2.05, 4.69) is 30.9 Å². The predicted octanol–water partition coefficient (Wildman–Crippen LogP) is 4.70. The molecule has 0 unspecified atom stereocenters. The van der Waals surface area contributed by atoms with Crippen molar-refractivity contribution in [1.29, 1.82) is 5.26 Å². The second-order valence-corrected chi connectivity index (χ2v) is 6.35. The molecule has 1 fully saturated rings. The van der Waals surface area contributed by atoms with E-state index in [0.717, 1.165) is 23.4 Å². The van der Waals surface area contributed by atoms with Crippen LogP contribution in [0, 0.1) is 17.2 Å². The second kappa shape index (κ2) is 6.99. The van der Waals surface area contributed by atoms with Crippen LogP contribution in [0.15, 0.2) is 18.2 Å². The molecule has 3 heteroatoms. The summed E-state index contributed by atoms with van der Waals surface area (Å²) in [5, 5.41) is 9.44. The lowest BCUT2D eigenvalue weighted by atomic mass is 10.0. The Balaban J connectivity index is 2.34. The Kier molecular flexibility index (Phi) is 5.31. The normalized spacial score (nSPS) is 15.6. The summed E-state index contributed by atoms with van der Waals surface area (Å²) in [5.74, 6) is 1.05. The van der Waals surface area contributed by atoms with E-state index in [-0.39, 0.29) is 0 Å². The van der Waals surface area contributed by atoms with E-state index in [1.165, 1.54) is 25.7 Å². The van der Waals surface area contributed by atoms with E-state index in [1.54, 1.807) is 0 Å². The molecule has 20 heavy (non-hydrogen) atoms. The van der Waals surface area contributed by atoms with Crippen LogP contribution in [-0.2, 0) is 5.88 Å². The topological polar surface area (TPSA) is 27.0 Å². The Hall–Kier alpha value is -1.20. The largest absolute Gasteiger partial charge is 0.367 e. The summed E-state index contributed by atoms with van der Waals surface area (Å²) in [6.07, 6.45) is 5.10. The van der Waals surface area contributed by atoms with Gasteiger partial charge in [0.15, 0.2) is 0 Å². The van der Waals surface area contributed by atoms with E-state index in [4.69, 9.17) is 11.6 Å². The first kappa shape index (κ1) is 15.2. The van der Waals surface area contributed by atoms with Crippen LogP contribution in [0.2, 0.25) is 0 Å². The molecule has 2 nitrogen and oxygen atoms in total. The van der Waals surface area contributed by atoms with Crippen LogP contribution in [0.1, 0.15) is 50.7 Å². The van der Waals surface area contributed by atoms with Gasteiger partial charge in [0, 0.05) is 18.5 Å². The summed E-state index contributed by atoms with van der Waals surface area (Å²) in [5.41, 5.74) is 2.86. The van der Waals surface area contributed by atoms with Gasteiger partial charge in [-0.2, -0.15) is 5.26 Å². The molecule has 1 aliphatic rings. The van der Waals surface area contributed by atoms with Gasteiger partial charge in [-0.25, -0.2) is 0 Å². The van der Waals surface area contributed by atoms with E-state index >= 15 is 0 Å². The molecule has 1 saturated carbocycles. The molecule has 0 bridgehead atoms. The summed E-state index contributed by atoms with van der Waals surface area (Å²) >= 11 is 5.88. The van der Waals surface area contributed by atoms with Crippen molar-refractivity contribution in [2.24, 2.45) is 5.92 Å². The summed E-state index contributed by atoms with van der Waals surface area (Å²) < 4.78 is 0. The molecule has 0 saturated heterocycles. The quantitative estimate of drug-likeness (QED) is 0.735. The zero-order chi connectivity index (χ0) is 14.5. The zero-order valence-corrected chi connectivity index (χ0v) is 13.2. The van der Waals surface area contributed by atoms with Crippen LogP contribution < -0.4 is 4.90 Å². The Morgan fingerprint density at radius 1 is 1.35 bits per heavy atom. The van der Waals surface area contributed by atoms with Gasteiger partial charge in [0.25, 0.3) is 0 Å². The molecule has 0 radical (unpaired) electrons. The minimum Gasteiger partial charge on any atom is -0.367 e. The molecule has 0 amide bonds. The van der Waals surface area contributed by atoms with Crippen molar-refractivity contribution in [3.05, 3.63) is 29.3 Å². The lowest BCUT2D eigenvalue weighted by molar-refractivity contribution is 0.535. The monoisotopic (exact) mass is 290 g/mol. The molecular formula is C17H23ClN2. The molecule has 0 atom stereocenters. The van der Waals surface area contributed by atoms with Gasteiger partial charge < -0.3 is 4.90 Å². The standard InChI is InChI=1S/C17H23ClN2/c1-13(2)12-20(16-5-3-4-6-16)17-8-7-14(10-18)9-15(17)11-19/h7-9,13,16H,3-6,10,12H2,1-2H3. The van der Waals surface area contributed by atoms with Gasteiger partial charge in [-0.3, -0.25) is 0 Å². The summed E-state index contributed by atoms with van der Waals surface area (Å²) in [7, 11) is 0. The van der Waals surface area contributed by atoms with Gasteiger partial charge in [0.1, 0.15) is 6.07 Å². The predicted molar refractivity (Wildman–Crippen MR) is 85.2 cm³/mol. The third-order valence-corrected chi connectivity index (χ3v) is 4.28. The number of alkyl halides is 1. The molecule has 0 aromatic heterocycles. The molecule has 1 aromatic rings. The summed E-state index contributed by atoms with van der Waals surface area (Å²) in [4.78, 5) is 2.45. The molecule has 0 spiro atoms. The maximum atomic E-state index is 9.44. The van der Waals surface area contributed by atoms with Crippen LogP contribution in [0.4, 0.5) is 5.69 Å². The molecule has 1 aromatic carbocycles. The van der Waals surface area contributed by atoms with Crippen molar-refractivity contribution < 1.29 is 0 Å². The SMILES string of the molecule is CC(C)CN(c1ccc(CCl)cc1C#N)C1CCCC1. The van der Waals surface area contributed by atoms with Gasteiger partial charge in [0.2, 0.25) is 0 Å². The Labute approximate surface area is 127 Å². The molecule has 0 heterocycles. The van der Waals surface area contributed by atoms with Gasteiger partial charge in [-0.05, 0) is 36.5 Å². The summed E-state index contributed by atoms with van der Waals surface area (Å²) in [6, 6.07) is 9.00. The van der Waals surface area contributed by atoms with Crippen LogP contribution in [0.3, 0.4) is 0 Å². The average Bonchev–Trinajstić information content (AvgIpc) is 2.98. The van der Waals surface area contributed by atoms with Crippen molar-refractivity contribution in [2.75, 3.05) is 11.4 Å². The average molecular weight is 291 g/mol. The van der Waals surface area contributed by atoms with Gasteiger partial charge in [-0.15, -0.1) is 11.6 Å². The van der Waals surface area contributed by atoms with Gasteiger partial charge in [-0.1, -0.05) is 32.8 Å². The minimum absolute atomic E-state index is 0.461. The first-order chi connectivity index (χ1) is 9.65. The number of benzene rings is 1. The van der Waals surface area contributed by atoms with Crippen molar-refractivity contribution in [3.8, 4) is 6.07 Å². The highest BCUT2D eigenvalue weighted by molar-refractivity contribution is 6.17. The lowest BCUT2D eigenvalue weighted by Gasteiger charge is -2.33. The molecule has 1 aliphatic carbocycles. The number of hydrogen-bond donors (Lipinski definition) is 0. The van der Waals surface area contributed by atoms with Crippen LogP contribution in [0.25, 0.3) is 0 Å². The van der Waals surface area contributed by atoms with Crippen molar-refractivity contribution in [1.82, 2.24) is 0 Å². The molecule has 2 rings (SSSR count). The van der Waals surface area contributed by atoms with Crippen molar-refractivity contribution in [2.45, 2.75) is 51.5 Å². The maximum absolute atomic E-state index is 9.44.